The molecule has 0 unspecified atom stereocenters. The van der Waals surface area contributed by atoms with Crippen molar-refractivity contribution >= 4 is 23.7 Å². The Balaban J connectivity index is 2.08. The fourth-order valence-electron chi connectivity index (χ4n) is 3.79. The van der Waals surface area contributed by atoms with Crippen LogP contribution in [0.2, 0.25) is 0 Å². The van der Waals surface area contributed by atoms with E-state index in [-0.39, 0.29) is 5.56 Å². The summed E-state index contributed by atoms with van der Waals surface area (Å²) in [6.45, 7) is 2.23. The molecule has 0 aromatic heterocycles. The first-order chi connectivity index (χ1) is 17.5. The predicted octanol–water partition coefficient (Wildman–Crippen LogP) is 7.62. The molecule has 0 saturated heterocycles. The van der Waals surface area contributed by atoms with Gasteiger partial charge in [-0.1, -0.05) is 88.0 Å². The SMILES string of the molecule is CCCCCCCCC/C=C\C=C\[C@@H](Sc1cccc(C(=O)OC)c1)[C@@H](O)c1cccc(C(=O)O)c1. The van der Waals surface area contributed by atoms with Gasteiger partial charge in [0.25, 0.3) is 0 Å². The van der Waals surface area contributed by atoms with Crippen LogP contribution in [0.5, 0.6) is 0 Å². The Labute approximate surface area is 219 Å². The number of aromatic carboxylic acids is 1. The minimum atomic E-state index is -1.04. The zero-order valence-corrected chi connectivity index (χ0v) is 22.1. The fourth-order valence-corrected chi connectivity index (χ4v) is 4.92. The topological polar surface area (TPSA) is 83.8 Å². The maximum atomic E-state index is 11.9. The van der Waals surface area contributed by atoms with E-state index in [4.69, 9.17) is 4.74 Å². The van der Waals surface area contributed by atoms with Crippen molar-refractivity contribution in [1.29, 1.82) is 0 Å². The van der Waals surface area contributed by atoms with E-state index in [1.165, 1.54) is 76.0 Å². The second-order valence-electron chi connectivity index (χ2n) is 8.70. The average molecular weight is 511 g/mol. The number of carbonyl (C=O) groups excluding carboxylic acids is 1. The summed E-state index contributed by atoms with van der Waals surface area (Å²) in [6, 6.07) is 13.4. The largest absolute Gasteiger partial charge is 0.478 e. The van der Waals surface area contributed by atoms with E-state index in [9.17, 15) is 19.8 Å². The summed E-state index contributed by atoms with van der Waals surface area (Å²) in [7, 11) is 1.34. The monoisotopic (exact) mass is 510 g/mol. The first-order valence-electron chi connectivity index (χ1n) is 12.7. The van der Waals surface area contributed by atoms with Crippen LogP contribution in [-0.2, 0) is 4.74 Å². The van der Waals surface area contributed by atoms with Crippen LogP contribution in [0.3, 0.4) is 0 Å². The number of rotatable bonds is 16. The maximum absolute atomic E-state index is 11.9. The van der Waals surface area contributed by atoms with Crippen LogP contribution in [0.15, 0.2) is 77.7 Å². The molecule has 0 heterocycles. The van der Waals surface area contributed by atoms with E-state index in [0.717, 1.165) is 11.3 Å². The van der Waals surface area contributed by atoms with Crippen LogP contribution in [0.1, 0.15) is 90.7 Å². The van der Waals surface area contributed by atoms with Gasteiger partial charge in [-0.3, -0.25) is 0 Å². The number of aliphatic hydroxyl groups is 1. The van der Waals surface area contributed by atoms with Gasteiger partial charge in [0.15, 0.2) is 0 Å². The molecule has 0 fully saturated rings. The van der Waals surface area contributed by atoms with E-state index >= 15 is 0 Å². The van der Waals surface area contributed by atoms with Crippen molar-refractivity contribution in [2.75, 3.05) is 7.11 Å². The number of methoxy groups -OCH3 is 1. The van der Waals surface area contributed by atoms with E-state index in [1.807, 2.05) is 24.3 Å². The van der Waals surface area contributed by atoms with Gasteiger partial charge in [-0.15, -0.1) is 11.8 Å². The zero-order chi connectivity index (χ0) is 26.2. The highest BCUT2D eigenvalue weighted by Crippen LogP contribution is 2.34. The van der Waals surface area contributed by atoms with Crippen molar-refractivity contribution in [1.82, 2.24) is 0 Å². The molecule has 0 saturated carbocycles. The number of carboxylic acids is 1. The van der Waals surface area contributed by atoms with Crippen molar-refractivity contribution in [3.8, 4) is 0 Å². The lowest BCUT2D eigenvalue weighted by Gasteiger charge is -2.20. The van der Waals surface area contributed by atoms with Gasteiger partial charge in [0.2, 0.25) is 0 Å². The molecule has 0 aliphatic carbocycles. The Kier molecular flexibility index (Phi) is 13.7. The number of hydrogen-bond acceptors (Lipinski definition) is 5. The second kappa shape index (κ2) is 16.8. The highest BCUT2D eigenvalue weighted by atomic mass is 32.2. The summed E-state index contributed by atoms with van der Waals surface area (Å²) in [4.78, 5) is 24.1. The molecule has 2 rings (SSSR count). The normalized spacial score (nSPS) is 13.2. The third-order valence-electron chi connectivity index (χ3n) is 5.84. The molecular weight excluding hydrogens is 472 g/mol. The highest BCUT2D eigenvalue weighted by Gasteiger charge is 2.21. The number of thioether (sulfide) groups is 1. The second-order valence-corrected chi connectivity index (χ2v) is 9.95. The Morgan fingerprint density at radius 3 is 2.36 bits per heavy atom. The minimum absolute atomic E-state index is 0.126. The summed E-state index contributed by atoms with van der Waals surface area (Å²) in [5.41, 5.74) is 1.08. The minimum Gasteiger partial charge on any atom is -0.478 e. The molecule has 0 spiro atoms. The van der Waals surface area contributed by atoms with E-state index in [0.29, 0.717) is 11.1 Å². The molecular formula is C30H38O5S. The van der Waals surface area contributed by atoms with Gasteiger partial charge in [0, 0.05) is 4.90 Å². The number of carbonyl (C=O) groups is 2. The summed E-state index contributed by atoms with van der Waals surface area (Å²) < 4.78 is 4.82. The van der Waals surface area contributed by atoms with Gasteiger partial charge in [0.05, 0.1) is 29.6 Å². The summed E-state index contributed by atoms with van der Waals surface area (Å²) in [6.07, 6.45) is 17.0. The Bertz CT molecular complexity index is 1010. The van der Waals surface area contributed by atoms with E-state index in [2.05, 4.69) is 13.0 Å². The lowest BCUT2D eigenvalue weighted by Crippen LogP contribution is -2.13. The molecule has 0 aliphatic heterocycles. The molecule has 0 amide bonds. The van der Waals surface area contributed by atoms with Gasteiger partial charge >= 0.3 is 11.9 Å². The Morgan fingerprint density at radius 1 is 0.944 bits per heavy atom. The summed E-state index contributed by atoms with van der Waals surface area (Å²) >= 11 is 1.40. The van der Waals surface area contributed by atoms with Gasteiger partial charge in [0.1, 0.15) is 0 Å². The summed E-state index contributed by atoms with van der Waals surface area (Å²) in [5.74, 6) is -1.46. The van der Waals surface area contributed by atoms with Crippen molar-refractivity contribution in [2.45, 2.75) is 74.5 Å². The molecule has 2 aromatic carbocycles. The fraction of sp³-hybridized carbons (Fsp3) is 0.400. The number of benzene rings is 2. The lowest BCUT2D eigenvalue weighted by atomic mass is 10.0. The molecule has 6 heteroatoms. The lowest BCUT2D eigenvalue weighted by molar-refractivity contribution is 0.0599. The zero-order valence-electron chi connectivity index (χ0n) is 21.3. The number of ether oxygens (including phenoxy) is 1. The molecule has 194 valence electrons. The standard InChI is InChI=1S/C30H38O5S/c1-3-4-5-6-7-8-9-10-11-12-13-20-27(28(31)23-16-14-17-24(21-23)29(32)33)36-26-19-15-18-25(22-26)30(34)35-2/h11-22,27-28,31H,3-10H2,1-2H3,(H,32,33)/b12-11-,20-13+/t27-,28+/m1/s1. The van der Waals surface area contributed by atoms with Crippen molar-refractivity contribution < 1.29 is 24.5 Å². The van der Waals surface area contributed by atoms with Crippen molar-refractivity contribution in [2.24, 2.45) is 0 Å². The van der Waals surface area contributed by atoms with Crippen LogP contribution < -0.4 is 0 Å². The smallest absolute Gasteiger partial charge is 0.337 e. The molecule has 5 nitrogen and oxygen atoms in total. The molecule has 2 atom stereocenters. The van der Waals surface area contributed by atoms with Crippen LogP contribution >= 0.6 is 11.8 Å². The third kappa shape index (κ3) is 10.4. The van der Waals surface area contributed by atoms with Crippen LogP contribution in [0.25, 0.3) is 0 Å². The van der Waals surface area contributed by atoms with Gasteiger partial charge < -0.3 is 14.9 Å². The van der Waals surface area contributed by atoms with Gasteiger partial charge in [-0.2, -0.15) is 0 Å². The summed E-state index contributed by atoms with van der Waals surface area (Å²) in [5, 5.41) is 20.1. The average Bonchev–Trinajstić information content (AvgIpc) is 2.90. The number of unbranched alkanes of at least 4 members (excludes halogenated alkanes) is 7. The van der Waals surface area contributed by atoms with Crippen LogP contribution in [0, 0.1) is 0 Å². The predicted molar refractivity (Wildman–Crippen MR) is 147 cm³/mol. The van der Waals surface area contributed by atoms with Crippen molar-refractivity contribution in [3.05, 3.63) is 89.5 Å². The van der Waals surface area contributed by atoms with Crippen molar-refractivity contribution in [3.63, 3.8) is 0 Å². The first-order valence-corrected chi connectivity index (χ1v) is 13.5. The Morgan fingerprint density at radius 2 is 1.64 bits per heavy atom. The Hall–Kier alpha value is -2.83. The van der Waals surface area contributed by atoms with Crippen LogP contribution in [0.4, 0.5) is 0 Å². The molecule has 2 aromatic rings. The highest BCUT2D eigenvalue weighted by molar-refractivity contribution is 8.00. The molecule has 0 bridgehead atoms. The number of allylic oxidation sites excluding steroid dienone is 3. The molecule has 0 radical (unpaired) electrons. The van der Waals surface area contributed by atoms with Gasteiger partial charge in [-0.25, -0.2) is 9.59 Å². The van der Waals surface area contributed by atoms with Crippen LogP contribution in [-0.4, -0.2) is 34.5 Å². The first kappa shape index (κ1) is 29.4. The van der Waals surface area contributed by atoms with E-state index in [1.54, 1.807) is 30.3 Å². The quantitative estimate of drug-likeness (QED) is 0.105. The molecule has 2 N–H and O–H groups in total. The number of aliphatic hydroxyl groups excluding tert-OH is 1. The maximum Gasteiger partial charge on any atom is 0.337 e. The molecule has 0 aliphatic rings. The number of hydrogen-bond donors (Lipinski definition) is 2. The van der Waals surface area contributed by atoms with E-state index < -0.39 is 23.3 Å². The van der Waals surface area contributed by atoms with Gasteiger partial charge in [-0.05, 0) is 48.7 Å². The number of carboxylic acid groups (broad SMARTS) is 1. The molecule has 36 heavy (non-hydrogen) atoms. The number of esters is 1. The third-order valence-corrected chi connectivity index (χ3v) is 7.05.